The van der Waals surface area contributed by atoms with Gasteiger partial charge in [-0.2, -0.15) is 13.2 Å². The third-order valence-electron chi connectivity index (χ3n) is 2.57. The Labute approximate surface area is 80.7 Å². The van der Waals surface area contributed by atoms with Crippen LogP contribution in [0.25, 0.3) is 0 Å². The summed E-state index contributed by atoms with van der Waals surface area (Å²) in [6, 6.07) is 0. The van der Waals surface area contributed by atoms with Crippen LogP contribution in [0.15, 0.2) is 0 Å². The molecular weight excluding hydrogens is 197 g/mol. The van der Waals surface area contributed by atoms with Gasteiger partial charge in [-0.15, -0.1) is 0 Å². The Hall–Kier alpha value is -0.330. The lowest BCUT2D eigenvalue weighted by atomic mass is 9.92. The van der Waals surface area contributed by atoms with Crippen molar-refractivity contribution in [3.05, 3.63) is 0 Å². The first-order valence-corrected chi connectivity index (χ1v) is 4.56. The fraction of sp³-hybridized carbons (Fsp3) is 1.00. The molecule has 0 saturated carbocycles. The number of halogens is 3. The van der Waals surface area contributed by atoms with E-state index in [0.717, 1.165) is 0 Å². The minimum atomic E-state index is -4.15. The van der Waals surface area contributed by atoms with Gasteiger partial charge in [0.25, 0.3) is 0 Å². The van der Waals surface area contributed by atoms with E-state index in [9.17, 15) is 18.3 Å². The Morgan fingerprint density at radius 3 is 2.14 bits per heavy atom. The highest BCUT2D eigenvalue weighted by molar-refractivity contribution is 4.86. The fourth-order valence-electron chi connectivity index (χ4n) is 1.59. The zero-order valence-corrected chi connectivity index (χ0v) is 7.85. The number of hydrogen-bond acceptors (Lipinski definition) is 3. The van der Waals surface area contributed by atoms with Crippen molar-refractivity contribution in [2.45, 2.75) is 24.6 Å². The Kier molecular flexibility index (Phi) is 3.39. The number of piperidine rings is 1. The first-order valence-electron chi connectivity index (χ1n) is 4.56. The maximum Gasteiger partial charge on any atom is 0.401 e. The lowest BCUT2D eigenvalue weighted by Gasteiger charge is -2.37. The van der Waals surface area contributed by atoms with Crippen LogP contribution >= 0.6 is 0 Å². The predicted octanol–water partition coefficient (Wildman–Crippen LogP) is 0.334. The van der Waals surface area contributed by atoms with Crippen molar-refractivity contribution in [3.8, 4) is 0 Å². The predicted molar refractivity (Wildman–Crippen MR) is 45.7 cm³/mol. The van der Waals surface area contributed by atoms with E-state index in [0.29, 0.717) is 12.8 Å². The molecule has 1 heterocycles. The topological polar surface area (TPSA) is 49.5 Å². The molecule has 0 unspecified atom stereocenters. The molecule has 0 atom stereocenters. The molecule has 0 aromatic carbocycles. The van der Waals surface area contributed by atoms with Gasteiger partial charge in [0.1, 0.15) is 0 Å². The number of alkyl halides is 3. The van der Waals surface area contributed by atoms with E-state index in [1.807, 2.05) is 0 Å². The van der Waals surface area contributed by atoms with Crippen molar-refractivity contribution in [1.29, 1.82) is 0 Å². The molecule has 14 heavy (non-hydrogen) atoms. The van der Waals surface area contributed by atoms with Crippen LogP contribution in [0.1, 0.15) is 12.8 Å². The molecular formula is C8H15F3N2O. The Bertz CT molecular complexity index is 188. The molecule has 3 nitrogen and oxygen atoms in total. The summed E-state index contributed by atoms with van der Waals surface area (Å²) in [7, 11) is 0. The van der Waals surface area contributed by atoms with Gasteiger partial charge in [-0.25, -0.2) is 0 Å². The highest BCUT2D eigenvalue weighted by Crippen LogP contribution is 2.24. The number of rotatable bonds is 2. The molecule has 0 aromatic rings. The second-order valence-corrected chi connectivity index (χ2v) is 3.82. The minimum Gasteiger partial charge on any atom is -0.388 e. The lowest BCUT2D eigenvalue weighted by Crippen LogP contribution is -2.50. The van der Waals surface area contributed by atoms with Crippen molar-refractivity contribution < 1.29 is 18.3 Å². The van der Waals surface area contributed by atoms with Gasteiger partial charge in [0, 0.05) is 19.6 Å². The molecule has 1 rings (SSSR count). The lowest BCUT2D eigenvalue weighted by molar-refractivity contribution is -0.153. The number of nitrogens with two attached hydrogens (primary N) is 1. The first kappa shape index (κ1) is 11.7. The molecule has 6 heteroatoms. The second kappa shape index (κ2) is 4.04. The number of aliphatic hydroxyl groups is 1. The summed E-state index contributed by atoms with van der Waals surface area (Å²) in [5.74, 6) is 0. The van der Waals surface area contributed by atoms with E-state index in [-0.39, 0.29) is 19.6 Å². The summed E-state index contributed by atoms with van der Waals surface area (Å²) in [6.45, 7) is -0.263. The molecule has 1 aliphatic heterocycles. The van der Waals surface area contributed by atoms with Crippen LogP contribution in [0.4, 0.5) is 13.2 Å². The van der Waals surface area contributed by atoms with Crippen LogP contribution in [0.2, 0.25) is 0 Å². The molecule has 0 radical (unpaired) electrons. The van der Waals surface area contributed by atoms with E-state index in [4.69, 9.17) is 5.73 Å². The third-order valence-corrected chi connectivity index (χ3v) is 2.57. The monoisotopic (exact) mass is 212 g/mol. The van der Waals surface area contributed by atoms with Crippen molar-refractivity contribution in [3.63, 3.8) is 0 Å². The fourth-order valence-corrected chi connectivity index (χ4v) is 1.59. The normalized spacial score (nSPS) is 23.8. The molecule has 3 N–H and O–H groups in total. The molecule has 0 bridgehead atoms. The van der Waals surface area contributed by atoms with Crippen molar-refractivity contribution in [2.75, 3.05) is 26.2 Å². The van der Waals surface area contributed by atoms with Gasteiger partial charge in [-0.3, -0.25) is 4.90 Å². The molecule has 1 saturated heterocycles. The van der Waals surface area contributed by atoms with E-state index in [1.165, 1.54) is 4.90 Å². The van der Waals surface area contributed by atoms with Crippen molar-refractivity contribution in [1.82, 2.24) is 4.90 Å². The average molecular weight is 212 g/mol. The molecule has 0 aromatic heterocycles. The van der Waals surface area contributed by atoms with Crippen LogP contribution in [0.5, 0.6) is 0 Å². The molecule has 1 aliphatic rings. The first-order chi connectivity index (χ1) is 6.35. The van der Waals surface area contributed by atoms with Gasteiger partial charge in [0.15, 0.2) is 0 Å². The Morgan fingerprint density at radius 1 is 1.29 bits per heavy atom. The quantitative estimate of drug-likeness (QED) is 0.693. The van der Waals surface area contributed by atoms with Gasteiger partial charge in [0.2, 0.25) is 0 Å². The molecule has 84 valence electrons. The summed E-state index contributed by atoms with van der Waals surface area (Å²) in [5, 5.41) is 9.66. The van der Waals surface area contributed by atoms with E-state index >= 15 is 0 Å². The highest BCUT2D eigenvalue weighted by atomic mass is 19.4. The van der Waals surface area contributed by atoms with Gasteiger partial charge < -0.3 is 10.8 Å². The summed E-state index contributed by atoms with van der Waals surface area (Å²) in [5.41, 5.74) is 4.36. The van der Waals surface area contributed by atoms with Gasteiger partial charge in [-0.1, -0.05) is 0 Å². The van der Waals surface area contributed by atoms with Gasteiger partial charge >= 0.3 is 6.18 Å². The highest BCUT2D eigenvalue weighted by Gasteiger charge is 2.36. The Balaban J connectivity index is 2.36. The molecule has 1 fully saturated rings. The van der Waals surface area contributed by atoms with Crippen LogP contribution in [-0.2, 0) is 0 Å². The number of likely N-dealkylation sites (tertiary alicyclic amines) is 1. The maximum atomic E-state index is 12.0. The van der Waals surface area contributed by atoms with E-state index in [2.05, 4.69) is 0 Å². The third kappa shape index (κ3) is 3.43. The Morgan fingerprint density at radius 2 is 1.79 bits per heavy atom. The summed E-state index contributed by atoms with van der Waals surface area (Å²) in [4.78, 5) is 1.30. The minimum absolute atomic E-state index is 0.118. The molecule has 0 aliphatic carbocycles. The standard InChI is InChI=1S/C8H15F3N2O/c9-8(10,11)6-13-3-1-7(14,5-12)2-4-13/h14H,1-6,12H2. The molecule has 0 amide bonds. The van der Waals surface area contributed by atoms with Crippen molar-refractivity contribution in [2.24, 2.45) is 5.73 Å². The second-order valence-electron chi connectivity index (χ2n) is 3.82. The van der Waals surface area contributed by atoms with E-state index in [1.54, 1.807) is 0 Å². The van der Waals surface area contributed by atoms with Crippen LogP contribution in [-0.4, -0.2) is 48.0 Å². The number of hydrogen-bond donors (Lipinski definition) is 2. The van der Waals surface area contributed by atoms with Gasteiger partial charge in [0.05, 0.1) is 12.1 Å². The van der Waals surface area contributed by atoms with Gasteiger partial charge in [-0.05, 0) is 12.8 Å². The average Bonchev–Trinajstić information content (AvgIpc) is 2.07. The van der Waals surface area contributed by atoms with Crippen LogP contribution in [0.3, 0.4) is 0 Å². The van der Waals surface area contributed by atoms with Crippen LogP contribution < -0.4 is 5.73 Å². The SMILES string of the molecule is NCC1(O)CCN(CC(F)(F)F)CC1. The zero-order chi connectivity index (χ0) is 10.8. The summed E-state index contributed by atoms with van der Waals surface area (Å²) >= 11 is 0. The molecule has 0 spiro atoms. The van der Waals surface area contributed by atoms with E-state index < -0.39 is 18.3 Å². The van der Waals surface area contributed by atoms with Crippen molar-refractivity contribution >= 4 is 0 Å². The largest absolute Gasteiger partial charge is 0.401 e. The van der Waals surface area contributed by atoms with Crippen LogP contribution in [0, 0.1) is 0 Å². The number of nitrogens with zero attached hydrogens (tertiary/aromatic N) is 1. The smallest absolute Gasteiger partial charge is 0.388 e. The summed E-state index contributed by atoms with van der Waals surface area (Å²) < 4.78 is 36.0. The summed E-state index contributed by atoms with van der Waals surface area (Å²) in [6.07, 6.45) is -3.52. The zero-order valence-electron chi connectivity index (χ0n) is 7.85. The maximum absolute atomic E-state index is 12.0.